The molecule has 0 rings (SSSR count). The summed E-state index contributed by atoms with van der Waals surface area (Å²) in [5, 5.41) is -0.306. The number of hydrogen-bond donors (Lipinski definition) is 0. The molecule has 60 valence electrons. The Morgan fingerprint density at radius 2 is 1.90 bits per heavy atom. The van der Waals surface area contributed by atoms with E-state index in [0.29, 0.717) is 0 Å². The highest BCUT2D eigenvalue weighted by Crippen LogP contribution is 2.20. The average Bonchev–Trinajstić information content (AvgIpc) is 1.83. The summed E-state index contributed by atoms with van der Waals surface area (Å²) in [6, 6.07) is 0. The van der Waals surface area contributed by atoms with Crippen LogP contribution in [0, 0.1) is 5.41 Å². The second kappa shape index (κ2) is 3.38. The van der Waals surface area contributed by atoms with Crippen LogP contribution in [0.1, 0.15) is 34.1 Å². The molecule has 0 spiro atoms. The van der Waals surface area contributed by atoms with E-state index in [1.165, 1.54) is 0 Å². The summed E-state index contributed by atoms with van der Waals surface area (Å²) in [7, 11) is 0. The van der Waals surface area contributed by atoms with E-state index in [9.17, 15) is 4.79 Å². The van der Waals surface area contributed by atoms with Crippen LogP contribution in [-0.2, 0) is 4.79 Å². The van der Waals surface area contributed by atoms with E-state index >= 15 is 0 Å². The van der Waals surface area contributed by atoms with Gasteiger partial charge < -0.3 is 0 Å². The Bertz CT molecular complexity index is 124. The number of halogens is 1. The van der Waals surface area contributed by atoms with E-state index in [0.717, 1.165) is 6.42 Å². The van der Waals surface area contributed by atoms with Gasteiger partial charge in [0.15, 0.2) is 5.78 Å². The molecule has 0 aliphatic heterocycles. The van der Waals surface area contributed by atoms with Crippen molar-refractivity contribution >= 4 is 17.4 Å². The van der Waals surface area contributed by atoms with E-state index in [-0.39, 0.29) is 16.6 Å². The molecule has 0 N–H and O–H groups in total. The molecule has 0 heterocycles. The van der Waals surface area contributed by atoms with E-state index in [4.69, 9.17) is 11.6 Å². The number of carbonyl (C=O) groups is 1. The van der Waals surface area contributed by atoms with E-state index in [2.05, 4.69) is 0 Å². The maximum Gasteiger partial charge on any atom is 0.155 e. The van der Waals surface area contributed by atoms with E-state index in [1.807, 2.05) is 27.7 Å². The van der Waals surface area contributed by atoms with Gasteiger partial charge in [0.05, 0.1) is 5.38 Å². The van der Waals surface area contributed by atoms with Crippen molar-refractivity contribution in [3.8, 4) is 0 Å². The lowest BCUT2D eigenvalue weighted by Crippen LogP contribution is -2.28. The van der Waals surface area contributed by atoms with Crippen LogP contribution in [0.15, 0.2) is 0 Å². The first-order valence-corrected chi connectivity index (χ1v) is 4.01. The summed E-state index contributed by atoms with van der Waals surface area (Å²) >= 11 is 5.75. The van der Waals surface area contributed by atoms with Crippen LogP contribution in [0.4, 0.5) is 0 Å². The Balaban J connectivity index is 4.09. The molecule has 1 unspecified atom stereocenters. The molecule has 1 nitrogen and oxygen atoms in total. The van der Waals surface area contributed by atoms with Crippen LogP contribution in [0.2, 0.25) is 0 Å². The summed E-state index contributed by atoms with van der Waals surface area (Å²) in [6.45, 7) is 7.59. The van der Waals surface area contributed by atoms with Crippen molar-refractivity contribution in [2.45, 2.75) is 39.5 Å². The highest BCUT2D eigenvalue weighted by Gasteiger charge is 2.26. The zero-order valence-corrected chi connectivity index (χ0v) is 7.83. The van der Waals surface area contributed by atoms with Crippen LogP contribution in [0.5, 0.6) is 0 Å². The van der Waals surface area contributed by atoms with Crippen molar-refractivity contribution < 1.29 is 4.79 Å². The maximum absolute atomic E-state index is 11.3. The van der Waals surface area contributed by atoms with Crippen molar-refractivity contribution in [1.29, 1.82) is 0 Å². The molecule has 0 radical (unpaired) electrons. The molecule has 0 aliphatic rings. The Hall–Kier alpha value is -0.0400. The van der Waals surface area contributed by atoms with Crippen molar-refractivity contribution in [1.82, 2.24) is 0 Å². The minimum absolute atomic E-state index is 0.136. The van der Waals surface area contributed by atoms with Crippen LogP contribution < -0.4 is 0 Å². The van der Waals surface area contributed by atoms with Gasteiger partial charge >= 0.3 is 0 Å². The number of hydrogen-bond acceptors (Lipinski definition) is 1. The number of carbonyl (C=O) groups excluding carboxylic acids is 1. The normalized spacial score (nSPS) is 14.9. The van der Waals surface area contributed by atoms with Gasteiger partial charge in [-0.3, -0.25) is 4.79 Å². The van der Waals surface area contributed by atoms with E-state index < -0.39 is 0 Å². The summed E-state index contributed by atoms with van der Waals surface area (Å²) in [5.74, 6) is 0.136. The number of rotatable bonds is 2. The van der Waals surface area contributed by atoms with Gasteiger partial charge in [0.1, 0.15) is 0 Å². The number of ketones is 1. The third-order valence-corrected chi connectivity index (χ3v) is 1.89. The molecule has 2 heteroatoms. The molecule has 0 amide bonds. The summed E-state index contributed by atoms with van der Waals surface area (Å²) in [6.07, 6.45) is 0.720. The molecule has 0 saturated heterocycles. The average molecular weight is 163 g/mol. The SMILES string of the molecule is CCC(Cl)C(=O)C(C)(C)C. The van der Waals surface area contributed by atoms with Crippen molar-refractivity contribution in [2.75, 3.05) is 0 Å². The lowest BCUT2D eigenvalue weighted by atomic mass is 9.88. The van der Waals surface area contributed by atoms with E-state index in [1.54, 1.807) is 0 Å². The molecule has 0 aromatic heterocycles. The fourth-order valence-electron chi connectivity index (χ4n) is 0.655. The smallest absolute Gasteiger partial charge is 0.155 e. The predicted molar refractivity (Wildman–Crippen MR) is 44.4 cm³/mol. The largest absolute Gasteiger partial charge is 0.297 e. The molecular weight excluding hydrogens is 148 g/mol. The summed E-state index contributed by atoms with van der Waals surface area (Å²) < 4.78 is 0. The summed E-state index contributed by atoms with van der Waals surface area (Å²) in [4.78, 5) is 11.3. The van der Waals surface area contributed by atoms with Gasteiger partial charge in [-0.05, 0) is 6.42 Å². The Morgan fingerprint density at radius 3 is 2.00 bits per heavy atom. The second-order valence-electron chi connectivity index (χ2n) is 3.49. The quantitative estimate of drug-likeness (QED) is 0.571. The zero-order valence-electron chi connectivity index (χ0n) is 7.07. The highest BCUT2D eigenvalue weighted by atomic mass is 35.5. The molecule has 0 aromatic rings. The monoisotopic (exact) mass is 162 g/mol. The first-order valence-electron chi connectivity index (χ1n) is 3.58. The molecule has 0 saturated carbocycles. The van der Waals surface area contributed by atoms with Gasteiger partial charge in [-0.1, -0.05) is 27.7 Å². The van der Waals surface area contributed by atoms with Gasteiger partial charge in [-0.15, -0.1) is 11.6 Å². The second-order valence-corrected chi connectivity index (χ2v) is 4.02. The number of alkyl halides is 1. The summed E-state index contributed by atoms with van der Waals surface area (Å²) in [5.41, 5.74) is -0.289. The fraction of sp³-hybridized carbons (Fsp3) is 0.875. The van der Waals surface area contributed by atoms with Crippen LogP contribution in [-0.4, -0.2) is 11.2 Å². The van der Waals surface area contributed by atoms with Gasteiger partial charge in [0.25, 0.3) is 0 Å². The highest BCUT2D eigenvalue weighted by molar-refractivity contribution is 6.31. The topological polar surface area (TPSA) is 17.1 Å². The van der Waals surface area contributed by atoms with Gasteiger partial charge in [0.2, 0.25) is 0 Å². The minimum Gasteiger partial charge on any atom is -0.297 e. The van der Waals surface area contributed by atoms with Crippen molar-refractivity contribution in [2.24, 2.45) is 5.41 Å². The fourth-order valence-corrected chi connectivity index (χ4v) is 0.983. The molecule has 10 heavy (non-hydrogen) atoms. The van der Waals surface area contributed by atoms with Crippen molar-refractivity contribution in [3.05, 3.63) is 0 Å². The third kappa shape index (κ3) is 2.70. The minimum atomic E-state index is -0.306. The lowest BCUT2D eigenvalue weighted by Gasteiger charge is -2.19. The first-order chi connectivity index (χ1) is 4.39. The van der Waals surface area contributed by atoms with Gasteiger partial charge in [0, 0.05) is 5.41 Å². The Morgan fingerprint density at radius 1 is 1.50 bits per heavy atom. The standard InChI is InChI=1S/C8H15ClO/c1-5-6(9)7(10)8(2,3)4/h6H,5H2,1-4H3. The van der Waals surface area contributed by atoms with Crippen molar-refractivity contribution in [3.63, 3.8) is 0 Å². The maximum atomic E-state index is 11.3. The van der Waals surface area contributed by atoms with Crippen LogP contribution in [0.3, 0.4) is 0 Å². The molecule has 0 aromatic carbocycles. The predicted octanol–water partition coefficient (Wildman–Crippen LogP) is 2.62. The molecule has 0 bridgehead atoms. The molecule has 0 aliphatic carbocycles. The molecule has 0 fully saturated rings. The van der Waals surface area contributed by atoms with Gasteiger partial charge in [-0.2, -0.15) is 0 Å². The van der Waals surface area contributed by atoms with Crippen LogP contribution in [0.25, 0.3) is 0 Å². The third-order valence-electron chi connectivity index (χ3n) is 1.38. The molecular formula is C8H15ClO. The molecule has 1 atom stereocenters. The van der Waals surface area contributed by atoms with Gasteiger partial charge in [-0.25, -0.2) is 0 Å². The first kappa shape index (κ1) is 9.96. The zero-order chi connectivity index (χ0) is 8.36. The Kier molecular flexibility index (Phi) is 3.37. The number of Topliss-reactive ketones (excluding diaryl/α,β-unsaturated/α-hetero) is 1. The Labute approximate surface area is 67.8 Å². The van der Waals surface area contributed by atoms with Crippen LogP contribution >= 0.6 is 11.6 Å². The lowest BCUT2D eigenvalue weighted by molar-refractivity contribution is -0.125.